The lowest BCUT2D eigenvalue weighted by Gasteiger charge is -2.37. The van der Waals surface area contributed by atoms with E-state index in [1.807, 2.05) is 56.5 Å². The van der Waals surface area contributed by atoms with Crippen molar-refractivity contribution in [3.63, 3.8) is 0 Å². The second kappa shape index (κ2) is 10.5. The summed E-state index contributed by atoms with van der Waals surface area (Å²) in [5, 5.41) is 8.87. The van der Waals surface area contributed by atoms with E-state index in [0.29, 0.717) is 11.3 Å². The van der Waals surface area contributed by atoms with Crippen LogP contribution in [-0.2, 0) is 9.59 Å². The number of carbonyl (C=O) groups is 2. The molecule has 2 N–H and O–H groups in total. The van der Waals surface area contributed by atoms with Gasteiger partial charge in [0.1, 0.15) is 0 Å². The number of allylic oxidation sites excluding steroid dienone is 1. The van der Waals surface area contributed by atoms with Crippen molar-refractivity contribution in [2.45, 2.75) is 59.5 Å². The molecule has 2 atom stereocenters. The lowest BCUT2D eigenvalue weighted by atomic mass is 9.89. The van der Waals surface area contributed by atoms with Crippen LogP contribution in [0, 0.1) is 13.8 Å². The number of amides is 2. The number of hydrogen-bond donors (Lipinski definition) is 2. The van der Waals surface area contributed by atoms with Crippen molar-refractivity contribution in [3.8, 4) is 0 Å². The smallest absolute Gasteiger partial charge is 0.255 e. The first kappa shape index (κ1) is 24.8. The van der Waals surface area contributed by atoms with Gasteiger partial charge in [-0.25, -0.2) is 4.99 Å². The highest BCUT2D eigenvalue weighted by Gasteiger charge is 2.41. The third kappa shape index (κ3) is 5.35. The van der Waals surface area contributed by atoms with Crippen LogP contribution < -0.4 is 10.6 Å². The van der Waals surface area contributed by atoms with Crippen LogP contribution in [0.1, 0.15) is 56.3 Å². The zero-order valence-corrected chi connectivity index (χ0v) is 21.7. The summed E-state index contributed by atoms with van der Waals surface area (Å²) in [6.07, 6.45) is 1.09. The van der Waals surface area contributed by atoms with Gasteiger partial charge in [0.2, 0.25) is 5.91 Å². The maximum Gasteiger partial charge on any atom is 0.255 e. The molecule has 7 heteroatoms. The van der Waals surface area contributed by atoms with Crippen LogP contribution >= 0.6 is 11.8 Å². The van der Waals surface area contributed by atoms with E-state index in [-0.39, 0.29) is 30.3 Å². The molecule has 2 heterocycles. The fourth-order valence-corrected chi connectivity index (χ4v) is 5.29. The molecule has 0 spiro atoms. The Hall–Kier alpha value is -3.32. The lowest BCUT2D eigenvalue weighted by molar-refractivity contribution is -0.121. The third-order valence-corrected chi connectivity index (χ3v) is 7.26. The Morgan fingerprint density at radius 1 is 1.11 bits per heavy atom. The van der Waals surface area contributed by atoms with Gasteiger partial charge in [-0.2, -0.15) is 0 Å². The Balaban J connectivity index is 1.75. The number of fused-ring (bicyclic) bond motifs is 1. The molecule has 0 fully saturated rings. The first-order valence-corrected chi connectivity index (χ1v) is 12.8. The fourth-order valence-electron chi connectivity index (χ4n) is 4.32. The normalized spacial score (nSPS) is 18.0. The molecule has 0 bridgehead atoms. The van der Waals surface area contributed by atoms with Gasteiger partial charge in [0.25, 0.3) is 5.91 Å². The largest absolute Gasteiger partial charge is 0.353 e. The van der Waals surface area contributed by atoms with Crippen molar-refractivity contribution in [1.82, 2.24) is 10.2 Å². The molecule has 0 saturated carbocycles. The van der Waals surface area contributed by atoms with E-state index < -0.39 is 0 Å². The van der Waals surface area contributed by atoms with E-state index in [0.717, 1.165) is 39.7 Å². The maximum atomic E-state index is 13.7. The molecular formula is C28H32N4O2S. The number of rotatable bonds is 7. The molecule has 2 amide bonds. The van der Waals surface area contributed by atoms with Crippen LogP contribution in [0.5, 0.6) is 0 Å². The molecule has 0 aliphatic carbocycles. The van der Waals surface area contributed by atoms with Crippen LogP contribution in [0.25, 0.3) is 0 Å². The zero-order valence-electron chi connectivity index (χ0n) is 20.9. The van der Waals surface area contributed by atoms with Gasteiger partial charge in [-0.1, -0.05) is 60.6 Å². The van der Waals surface area contributed by atoms with Crippen molar-refractivity contribution in [2.24, 2.45) is 4.99 Å². The number of thioether (sulfide) groups is 1. The second-order valence-electron chi connectivity index (χ2n) is 9.13. The van der Waals surface area contributed by atoms with Gasteiger partial charge in [-0.3, -0.25) is 9.59 Å². The molecule has 4 rings (SSSR count). The number of anilines is 1. The Labute approximate surface area is 211 Å². The minimum absolute atomic E-state index is 0.0336. The quantitative estimate of drug-likeness (QED) is 0.515. The first-order chi connectivity index (χ1) is 16.8. The number of benzene rings is 2. The number of nitrogens with zero attached hydrogens (tertiary/aromatic N) is 2. The molecule has 2 aromatic rings. The summed E-state index contributed by atoms with van der Waals surface area (Å²) in [5.74, 6) is -0.226. The number of aryl methyl sites for hydroxylation is 2. The van der Waals surface area contributed by atoms with E-state index in [2.05, 4.69) is 47.6 Å². The summed E-state index contributed by atoms with van der Waals surface area (Å²) in [6.45, 7) is 10.0. The monoisotopic (exact) mass is 488 g/mol. The van der Waals surface area contributed by atoms with E-state index in [4.69, 9.17) is 4.99 Å². The summed E-state index contributed by atoms with van der Waals surface area (Å²) in [4.78, 5) is 33.4. The molecule has 6 nitrogen and oxygen atoms in total. The van der Waals surface area contributed by atoms with Gasteiger partial charge in [0.15, 0.2) is 5.17 Å². The number of aliphatic imine (C=N–C) groups is 1. The lowest BCUT2D eigenvalue weighted by Crippen LogP contribution is -2.40. The van der Waals surface area contributed by atoms with Crippen LogP contribution in [0.4, 0.5) is 5.69 Å². The van der Waals surface area contributed by atoms with Gasteiger partial charge in [-0.15, -0.1) is 0 Å². The summed E-state index contributed by atoms with van der Waals surface area (Å²) >= 11 is 1.50. The number of carbonyl (C=O) groups excluding carboxylic acids is 2. The van der Waals surface area contributed by atoms with E-state index >= 15 is 0 Å². The molecule has 0 radical (unpaired) electrons. The molecular weight excluding hydrogens is 456 g/mol. The number of amidine groups is 1. The topological polar surface area (TPSA) is 73.8 Å². The van der Waals surface area contributed by atoms with Gasteiger partial charge in [0, 0.05) is 17.4 Å². The number of nitrogens with one attached hydrogen (secondary N) is 2. The molecule has 2 aromatic carbocycles. The highest BCUT2D eigenvalue weighted by Crippen LogP contribution is 2.45. The predicted molar refractivity (Wildman–Crippen MR) is 144 cm³/mol. The molecule has 2 aliphatic heterocycles. The Bertz CT molecular complexity index is 1230. The number of para-hydroxylation sites is 1. The molecule has 0 aromatic heterocycles. The van der Waals surface area contributed by atoms with Crippen molar-refractivity contribution < 1.29 is 9.59 Å². The predicted octanol–water partition coefficient (Wildman–Crippen LogP) is 5.82. The first-order valence-electron chi connectivity index (χ1n) is 12.0. The average molecular weight is 489 g/mol. The minimum Gasteiger partial charge on any atom is -0.353 e. The van der Waals surface area contributed by atoms with Gasteiger partial charge in [0.05, 0.1) is 23.7 Å². The minimum atomic E-state index is -0.385. The average Bonchev–Trinajstić information content (AvgIpc) is 3.21. The summed E-state index contributed by atoms with van der Waals surface area (Å²) in [7, 11) is 0. The van der Waals surface area contributed by atoms with Crippen molar-refractivity contribution >= 4 is 34.4 Å². The van der Waals surface area contributed by atoms with Crippen LogP contribution in [0.15, 0.2) is 75.9 Å². The van der Waals surface area contributed by atoms with Gasteiger partial charge < -0.3 is 15.5 Å². The second-order valence-corrected chi connectivity index (χ2v) is 9.96. The molecule has 182 valence electrons. The highest BCUT2D eigenvalue weighted by molar-refractivity contribution is 8.16. The van der Waals surface area contributed by atoms with Crippen LogP contribution in [-0.4, -0.2) is 27.9 Å². The standard InChI is InChI=1S/C28H32N4O2S/c1-6-19(4)29-24(33)15-22-16-35-28-30-20(5)25(27(34)31-21-10-8-7-9-11-21)26(32(22)28)23-14-17(2)12-13-18(23)3/h7-14,16,19,26H,6,15H2,1-5H3,(H,29,33)(H,31,34)/t19-,26+/m0/s1. The van der Waals surface area contributed by atoms with Crippen molar-refractivity contribution in [3.05, 3.63) is 87.6 Å². The van der Waals surface area contributed by atoms with E-state index in [1.165, 1.54) is 11.8 Å². The highest BCUT2D eigenvalue weighted by atomic mass is 32.2. The Morgan fingerprint density at radius 2 is 1.86 bits per heavy atom. The third-order valence-electron chi connectivity index (χ3n) is 6.37. The summed E-state index contributed by atoms with van der Waals surface area (Å²) in [6, 6.07) is 15.5. The molecule has 0 saturated heterocycles. The van der Waals surface area contributed by atoms with Crippen LogP contribution in [0.3, 0.4) is 0 Å². The summed E-state index contributed by atoms with van der Waals surface area (Å²) < 4.78 is 0. The molecule has 2 aliphatic rings. The summed E-state index contributed by atoms with van der Waals surface area (Å²) in [5.41, 5.74) is 6.07. The van der Waals surface area contributed by atoms with Crippen molar-refractivity contribution in [2.75, 3.05) is 5.32 Å². The molecule has 35 heavy (non-hydrogen) atoms. The molecule has 0 unspecified atom stereocenters. The van der Waals surface area contributed by atoms with Crippen LogP contribution in [0.2, 0.25) is 0 Å². The fraction of sp³-hybridized carbons (Fsp3) is 0.321. The SMILES string of the molecule is CC[C@H](C)NC(=O)CC1=CSC2=NC(C)=C(C(=O)Nc3ccccc3)[C@@H](c3cc(C)ccc3C)N12. The van der Waals surface area contributed by atoms with Crippen molar-refractivity contribution in [1.29, 1.82) is 0 Å². The number of hydrogen-bond acceptors (Lipinski definition) is 5. The van der Waals surface area contributed by atoms with Gasteiger partial charge in [-0.05, 0) is 62.8 Å². The maximum absolute atomic E-state index is 13.7. The van der Waals surface area contributed by atoms with E-state index in [1.54, 1.807) is 0 Å². The Morgan fingerprint density at radius 3 is 2.57 bits per heavy atom. The van der Waals surface area contributed by atoms with Gasteiger partial charge >= 0.3 is 0 Å². The van der Waals surface area contributed by atoms with E-state index in [9.17, 15) is 9.59 Å². The zero-order chi connectivity index (χ0) is 25.1. The Kier molecular flexibility index (Phi) is 7.45.